The zero-order valence-corrected chi connectivity index (χ0v) is 15.4. The summed E-state index contributed by atoms with van der Waals surface area (Å²) in [4.78, 5) is 18.4. The Bertz CT molecular complexity index is 863. The molecule has 1 saturated heterocycles. The van der Waals surface area contributed by atoms with Crippen LogP contribution in [0.5, 0.6) is 5.88 Å². The molecule has 1 aliphatic carbocycles. The molecule has 1 amide bonds. The number of aryl methyl sites for hydroxylation is 2. The zero-order valence-electron chi connectivity index (χ0n) is 15.4. The average Bonchev–Trinajstić information content (AvgIpc) is 3.28. The number of carbonyl (C=O) groups is 1. The number of rotatable bonds is 3. The molecule has 1 fully saturated rings. The second-order valence-electron chi connectivity index (χ2n) is 7.38. The zero-order chi connectivity index (χ0) is 19.9. The summed E-state index contributed by atoms with van der Waals surface area (Å²) in [5.74, 6) is 0.189. The summed E-state index contributed by atoms with van der Waals surface area (Å²) in [5.41, 5.74) is 1.52. The van der Waals surface area contributed by atoms with Crippen molar-refractivity contribution in [3.05, 3.63) is 41.3 Å². The standard InChI is InChI=1S/C19H21F3N4O2/c1-25-16-8-12(2-3-13(16)9-24-25)18(27)26-7-6-15(11-26)28-17-5-4-14(10-23-17)19(20,21)22/h4-5,9-10,12,15H,2-3,6-8,11H2,1H3. The first kappa shape index (κ1) is 18.8. The van der Waals surface area contributed by atoms with Crippen LogP contribution in [0.3, 0.4) is 0 Å². The van der Waals surface area contributed by atoms with E-state index < -0.39 is 11.7 Å². The number of carbonyl (C=O) groups excluding carboxylic acids is 1. The van der Waals surface area contributed by atoms with Crippen LogP contribution < -0.4 is 4.74 Å². The Labute approximate surface area is 160 Å². The van der Waals surface area contributed by atoms with E-state index in [0.29, 0.717) is 25.9 Å². The van der Waals surface area contributed by atoms with E-state index in [-0.39, 0.29) is 23.8 Å². The topological polar surface area (TPSA) is 60.2 Å². The largest absolute Gasteiger partial charge is 0.472 e. The maximum atomic E-state index is 12.9. The van der Waals surface area contributed by atoms with Gasteiger partial charge in [-0.25, -0.2) is 4.98 Å². The fourth-order valence-electron chi connectivity index (χ4n) is 3.93. The number of ether oxygens (including phenoxy) is 1. The van der Waals surface area contributed by atoms with Crippen molar-refractivity contribution >= 4 is 5.91 Å². The molecule has 2 aromatic heterocycles. The van der Waals surface area contributed by atoms with Crippen molar-refractivity contribution in [3.63, 3.8) is 0 Å². The van der Waals surface area contributed by atoms with Crippen LogP contribution in [-0.4, -0.2) is 44.8 Å². The van der Waals surface area contributed by atoms with Crippen molar-refractivity contribution in [2.75, 3.05) is 13.1 Å². The highest BCUT2D eigenvalue weighted by molar-refractivity contribution is 5.79. The molecule has 28 heavy (non-hydrogen) atoms. The summed E-state index contributed by atoms with van der Waals surface area (Å²) in [6.07, 6.45) is 0.932. The second kappa shape index (κ2) is 7.10. The van der Waals surface area contributed by atoms with E-state index in [1.807, 2.05) is 17.9 Å². The molecule has 1 aliphatic heterocycles. The molecule has 2 aliphatic rings. The molecule has 2 aromatic rings. The van der Waals surface area contributed by atoms with E-state index in [0.717, 1.165) is 30.8 Å². The Hall–Kier alpha value is -2.58. The molecule has 2 unspecified atom stereocenters. The van der Waals surface area contributed by atoms with Crippen molar-refractivity contribution in [1.29, 1.82) is 0 Å². The third-order valence-corrected chi connectivity index (χ3v) is 5.51. The minimum absolute atomic E-state index is 0.0640. The normalized spacial score (nSPS) is 22.2. The summed E-state index contributed by atoms with van der Waals surface area (Å²) in [6.45, 7) is 1.01. The Morgan fingerprint density at radius 1 is 1.25 bits per heavy atom. The first-order valence-electron chi connectivity index (χ1n) is 9.29. The minimum atomic E-state index is -4.42. The van der Waals surface area contributed by atoms with Crippen molar-refractivity contribution < 1.29 is 22.7 Å². The fraction of sp³-hybridized carbons (Fsp3) is 0.526. The lowest BCUT2D eigenvalue weighted by Gasteiger charge is -2.26. The fourth-order valence-corrected chi connectivity index (χ4v) is 3.93. The number of pyridine rings is 1. The second-order valence-corrected chi connectivity index (χ2v) is 7.38. The Morgan fingerprint density at radius 3 is 2.79 bits per heavy atom. The predicted molar refractivity (Wildman–Crippen MR) is 93.6 cm³/mol. The van der Waals surface area contributed by atoms with E-state index >= 15 is 0 Å². The van der Waals surface area contributed by atoms with Crippen molar-refractivity contribution in [2.24, 2.45) is 13.0 Å². The quantitative estimate of drug-likeness (QED) is 0.803. The minimum Gasteiger partial charge on any atom is -0.472 e. The Morgan fingerprint density at radius 2 is 2.07 bits per heavy atom. The van der Waals surface area contributed by atoms with E-state index in [4.69, 9.17) is 4.74 Å². The monoisotopic (exact) mass is 394 g/mol. The van der Waals surface area contributed by atoms with Crippen molar-refractivity contribution in [2.45, 2.75) is 38.0 Å². The van der Waals surface area contributed by atoms with Crippen molar-refractivity contribution in [1.82, 2.24) is 19.7 Å². The first-order valence-corrected chi connectivity index (χ1v) is 9.29. The third-order valence-electron chi connectivity index (χ3n) is 5.51. The summed E-state index contributed by atoms with van der Waals surface area (Å²) in [5, 5.41) is 4.26. The van der Waals surface area contributed by atoms with Gasteiger partial charge in [0, 0.05) is 50.3 Å². The number of halogens is 3. The van der Waals surface area contributed by atoms with Gasteiger partial charge in [0.2, 0.25) is 11.8 Å². The van der Waals surface area contributed by atoms with E-state index in [1.54, 1.807) is 4.90 Å². The lowest BCUT2D eigenvalue weighted by Crippen LogP contribution is -2.38. The average molecular weight is 394 g/mol. The highest BCUT2D eigenvalue weighted by Gasteiger charge is 2.35. The van der Waals surface area contributed by atoms with Crippen molar-refractivity contribution in [3.8, 4) is 5.88 Å². The Balaban J connectivity index is 1.34. The molecular weight excluding hydrogens is 373 g/mol. The number of nitrogens with zero attached hydrogens (tertiary/aromatic N) is 4. The maximum absolute atomic E-state index is 12.9. The third kappa shape index (κ3) is 3.70. The maximum Gasteiger partial charge on any atom is 0.417 e. The van der Waals surface area contributed by atoms with E-state index in [2.05, 4.69) is 10.1 Å². The number of likely N-dealkylation sites (tertiary alicyclic amines) is 1. The summed E-state index contributed by atoms with van der Waals surface area (Å²) < 4.78 is 45.3. The smallest absolute Gasteiger partial charge is 0.417 e. The van der Waals surface area contributed by atoms with Gasteiger partial charge in [0.15, 0.2) is 0 Å². The molecule has 4 rings (SSSR count). The molecule has 3 heterocycles. The molecule has 0 spiro atoms. The molecule has 2 atom stereocenters. The van der Waals surface area contributed by atoms with Gasteiger partial charge in [0.1, 0.15) is 6.10 Å². The van der Waals surface area contributed by atoms with Gasteiger partial charge in [-0.15, -0.1) is 0 Å². The van der Waals surface area contributed by atoms with Crippen LogP contribution in [0.4, 0.5) is 13.2 Å². The highest BCUT2D eigenvalue weighted by atomic mass is 19.4. The number of amides is 1. The van der Waals surface area contributed by atoms with Crippen LogP contribution in [0.2, 0.25) is 0 Å². The lowest BCUT2D eigenvalue weighted by molar-refractivity contribution is -0.138. The summed E-state index contributed by atoms with van der Waals surface area (Å²) in [7, 11) is 1.89. The van der Waals surface area contributed by atoms with Crippen LogP contribution >= 0.6 is 0 Å². The molecule has 9 heteroatoms. The van der Waals surface area contributed by atoms with E-state index in [9.17, 15) is 18.0 Å². The van der Waals surface area contributed by atoms with Gasteiger partial charge in [-0.1, -0.05) is 0 Å². The molecule has 0 aromatic carbocycles. The first-order chi connectivity index (χ1) is 13.3. The molecule has 0 bridgehead atoms. The van der Waals surface area contributed by atoms with E-state index in [1.165, 1.54) is 11.6 Å². The highest BCUT2D eigenvalue weighted by Crippen LogP contribution is 2.30. The van der Waals surface area contributed by atoms with Gasteiger partial charge in [-0.05, 0) is 24.5 Å². The number of hydrogen-bond donors (Lipinski definition) is 0. The van der Waals surface area contributed by atoms with Gasteiger partial charge >= 0.3 is 6.18 Å². The van der Waals surface area contributed by atoms with Crippen LogP contribution in [0.15, 0.2) is 24.5 Å². The van der Waals surface area contributed by atoms with Gasteiger partial charge in [0.25, 0.3) is 0 Å². The number of alkyl halides is 3. The van der Waals surface area contributed by atoms with Crippen LogP contribution in [0, 0.1) is 5.92 Å². The molecule has 6 nitrogen and oxygen atoms in total. The molecule has 0 N–H and O–H groups in total. The van der Waals surface area contributed by atoms with Crippen LogP contribution in [-0.2, 0) is 30.9 Å². The molecule has 0 saturated carbocycles. The predicted octanol–water partition coefficient (Wildman–Crippen LogP) is 2.62. The van der Waals surface area contributed by atoms with Gasteiger partial charge in [-0.3, -0.25) is 9.48 Å². The number of aromatic nitrogens is 3. The molecule has 0 radical (unpaired) electrons. The SMILES string of the molecule is Cn1ncc2c1CC(C(=O)N1CCC(Oc3ccc(C(F)(F)F)cn3)C1)CC2. The van der Waals surface area contributed by atoms with Gasteiger partial charge < -0.3 is 9.64 Å². The molecular formula is C19H21F3N4O2. The van der Waals surface area contributed by atoms with Gasteiger partial charge in [-0.2, -0.15) is 18.3 Å². The van der Waals surface area contributed by atoms with Crippen LogP contribution in [0.1, 0.15) is 29.7 Å². The summed E-state index contributed by atoms with van der Waals surface area (Å²) in [6, 6.07) is 2.17. The van der Waals surface area contributed by atoms with Crippen LogP contribution in [0.25, 0.3) is 0 Å². The Kier molecular flexibility index (Phi) is 4.76. The summed E-state index contributed by atoms with van der Waals surface area (Å²) >= 11 is 0. The number of fused-ring (bicyclic) bond motifs is 1. The van der Waals surface area contributed by atoms with Gasteiger partial charge in [0.05, 0.1) is 18.3 Å². The molecule has 150 valence electrons. The lowest BCUT2D eigenvalue weighted by atomic mass is 9.87. The number of hydrogen-bond acceptors (Lipinski definition) is 4.